The molecule has 0 saturated carbocycles. The van der Waals surface area contributed by atoms with Crippen LogP contribution in [0.4, 0.5) is 20.2 Å². The molecule has 0 bridgehead atoms. The number of anilines is 2. The van der Waals surface area contributed by atoms with Gasteiger partial charge in [0.25, 0.3) is 0 Å². The van der Waals surface area contributed by atoms with Crippen molar-refractivity contribution >= 4 is 40.3 Å². The smallest absolute Gasteiger partial charge is 0.128 e. The van der Waals surface area contributed by atoms with Gasteiger partial charge in [-0.25, -0.2) is 8.78 Å². The largest absolute Gasteiger partial charge is 0.389 e. The molecule has 0 aliphatic rings. The number of nitrogens with one attached hydrogen (secondary N) is 1. The van der Waals surface area contributed by atoms with Crippen molar-refractivity contribution in [1.29, 1.82) is 0 Å². The zero-order valence-corrected chi connectivity index (χ0v) is 13.0. The third-order valence-electron chi connectivity index (χ3n) is 2.71. The van der Waals surface area contributed by atoms with Crippen molar-refractivity contribution in [2.24, 2.45) is 5.73 Å². The average Bonchev–Trinajstić information content (AvgIpc) is 2.37. The van der Waals surface area contributed by atoms with Crippen LogP contribution in [0.2, 0.25) is 0 Å². The number of halogens is 2. The molecule has 0 fully saturated rings. The van der Waals surface area contributed by atoms with E-state index in [1.807, 2.05) is 19.1 Å². The van der Waals surface area contributed by atoms with Crippen molar-refractivity contribution in [3.63, 3.8) is 0 Å². The summed E-state index contributed by atoms with van der Waals surface area (Å²) < 4.78 is 26.5. The van der Waals surface area contributed by atoms with E-state index >= 15 is 0 Å². The molecule has 2 rings (SSSR count). The Morgan fingerprint density at radius 2 is 1.90 bits per heavy atom. The molecule has 0 unspecified atom stereocenters. The summed E-state index contributed by atoms with van der Waals surface area (Å²) in [6, 6.07) is 8.79. The summed E-state index contributed by atoms with van der Waals surface area (Å²) in [5.74, 6) is -0.421. The van der Waals surface area contributed by atoms with Crippen molar-refractivity contribution in [1.82, 2.24) is 0 Å². The van der Waals surface area contributed by atoms with E-state index in [1.54, 1.807) is 17.8 Å². The molecule has 0 aliphatic carbocycles. The van der Waals surface area contributed by atoms with Crippen molar-refractivity contribution < 1.29 is 8.78 Å². The van der Waals surface area contributed by atoms with Gasteiger partial charge in [0.05, 0.1) is 0 Å². The van der Waals surface area contributed by atoms with E-state index in [2.05, 4.69) is 5.32 Å². The van der Waals surface area contributed by atoms with E-state index in [1.165, 1.54) is 12.1 Å². The Labute approximate surface area is 131 Å². The van der Waals surface area contributed by atoms with Gasteiger partial charge >= 0.3 is 0 Å². The molecule has 0 atom stereocenters. The lowest BCUT2D eigenvalue weighted by Crippen LogP contribution is -2.13. The maximum absolute atomic E-state index is 13.3. The number of nitrogens with two attached hydrogens (primary N) is 1. The Balaban J connectivity index is 2.43. The van der Waals surface area contributed by atoms with Gasteiger partial charge in [-0.15, -0.1) is 11.8 Å². The predicted molar refractivity (Wildman–Crippen MR) is 88.4 cm³/mol. The highest BCUT2D eigenvalue weighted by atomic mass is 32.2. The Bertz CT molecular complexity index is 654. The van der Waals surface area contributed by atoms with Gasteiger partial charge in [0.15, 0.2) is 0 Å². The molecule has 2 nitrogen and oxygen atoms in total. The first kappa shape index (κ1) is 15.7. The first-order valence-electron chi connectivity index (χ1n) is 6.30. The summed E-state index contributed by atoms with van der Waals surface area (Å²) in [6.07, 6.45) is 0. The zero-order valence-electron chi connectivity index (χ0n) is 11.3. The van der Waals surface area contributed by atoms with Gasteiger partial charge in [-0.3, -0.25) is 0 Å². The van der Waals surface area contributed by atoms with Gasteiger partial charge in [0.1, 0.15) is 16.6 Å². The van der Waals surface area contributed by atoms with Crippen LogP contribution in [0.5, 0.6) is 0 Å². The van der Waals surface area contributed by atoms with Gasteiger partial charge in [0, 0.05) is 27.9 Å². The second-order valence-corrected chi connectivity index (χ2v) is 6.00. The normalized spacial score (nSPS) is 10.4. The molecule has 3 N–H and O–H groups in total. The van der Waals surface area contributed by atoms with E-state index < -0.39 is 11.6 Å². The standard InChI is InChI=1S/C15H14F2N2S2/c1-2-21-13-5-3-4-12(14(13)15(18)20)19-11-7-9(16)6-10(17)8-11/h3-8,19H,2H2,1H3,(H2,18,20). The van der Waals surface area contributed by atoms with Crippen LogP contribution in [0.15, 0.2) is 41.3 Å². The Hall–Kier alpha value is -1.66. The minimum Gasteiger partial charge on any atom is -0.389 e. The summed E-state index contributed by atoms with van der Waals surface area (Å²) in [5, 5.41) is 2.97. The molecule has 0 spiro atoms. The van der Waals surface area contributed by atoms with E-state index in [-0.39, 0.29) is 4.99 Å². The lowest BCUT2D eigenvalue weighted by molar-refractivity contribution is 0.584. The molecule has 21 heavy (non-hydrogen) atoms. The average molecular weight is 324 g/mol. The maximum atomic E-state index is 13.3. The van der Waals surface area contributed by atoms with Crippen LogP contribution in [0.25, 0.3) is 0 Å². The molecule has 2 aromatic rings. The van der Waals surface area contributed by atoms with Crippen LogP contribution in [0.1, 0.15) is 12.5 Å². The molecule has 0 amide bonds. The van der Waals surface area contributed by atoms with E-state index in [0.29, 0.717) is 16.9 Å². The van der Waals surface area contributed by atoms with Gasteiger partial charge < -0.3 is 11.1 Å². The number of thiocarbonyl (C=S) groups is 1. The summed E-state index contributed by atoms with van der Waals surface area (Å²) in [6.45, 7) is 2.02. The van der Waals surface area contributed by atoms with Crippen molar-refractivity contribution in [2.45, 2.75) is 11.8 Å². The lowest BCUT2D eigenvalue weighted by atomic mass is 10.1. The van der Waals surface area contributed by atoms with Crippen molar-refractivity contribution in [3.05, 3.63) is 53.6 Å². The summed E-state index contributed by atoms with van der Waals surface area (Å²) in [4.78, 5) is 1.18. The SMILES string of the molecule is CCSc1cccc(Nc2cc(F)cc(F)c2)c1C(N)=S. The van der Waals surface area contributed by atoms with E-state index in [0.717, 1.165) is 16.7 Å². The molecule has 0 aliphatic heterocycles. The fraction of sp³-hybridized carbons (Fsp3) is 0.133. The number of hydrogen-bond donors (Lipinski definition) is 2. The second kappa shape index (κ2) is 6.87. The zero-order chi connectivity index (χ0) is 15.4. The van der Waals surface area contributed by atoms with E-state index in [4.69, 9.17) is 18.0 Å². The van der Waals surface area contributed by atoms with Crippen LogP contribution < -0.4 is 11.1 Å². The monoisotopic (exact) mass is 324 g/mol. The van der Waals surface area contributed by atoms with Crippen LogP contribution in [-0.4, -0.2) is 10.7 Å². The van der Waals surface area contributed by atoms with Gasteiger partial charge in [-0.05, 0) is 30.0 Å². The third-order valence-corrected chi connectivity index (χ3v) is 3.86. The molecule has 2 aromatic carbocycles. The van der Waals surface area contributed by atoms with E-state index in [9.17, 15) is 8.78 Å². The molecule has 0 saturated heterocycles. The lowest BCUT2D eigenvalue weighted by Gasteiger charge is -2.15. The predicted octanol–water partition coefficient (Wildman–Crippen LogP) is 4.45. The first-order chi connectivity index (χ1) is 10.0. The van der Waals surface area contributed by atoms with Gasteiger partial charge in [-0.1, -0.05) is 25.2 Å². The summed E-state index contributed by atoms with van der Waals surface area (Å²) in [7, 11) is 0. The third kappa shape index (κ3) is 3.92. The second-order valence-electron chi connectivity index (χ2n) is 4.26. The quantitative estimate of drug-likeness (QED) is 0.629. The highest BCUT2D eigenvalue weighted by Crippen LogP contribution is 2.30. The van der Waals surface area contributed by atoms with Crippen LogP contribution >= 0.6 is 24.0 Å². The Kier molecular flexibility index (Phi) is 5.14. The molecular formula is C15H14F2N2S2. The topological polar surface area (TPSA) is 38.0 Å². The number of hydrogen-bond acceptors (Lipinski definition) is 3. The Morgan fingerprint density at radius 3 is 2.48 bits per heavy atom. The summed E-state index contributed by atoms with van der Waals surface area (Å²) >= 11 is 6.70. The van der Waals surface area contributed by atoms with Gasteiger partial charge in [0.2, 0.25) is 0 Å². The Morgan fingerprint density at radius 1 is 1.24 bits per heavy atom. The minimum atomic E-state index is -0.645. The van der Waals surface area contributed by atoms with Crippen molar-refractivity contribution in [2.75, 3.05) is 11.1 Å². The van der Waals surface area contributed by atoms with Crippen LogP contribution in [0.3, 0.4) is 0 Å². The van der Waals surface area contributed by atoms with Crippen LogP contribution in [-0.2, 0) is 0 Å². The summed E-state index contributed by atoms with van der Waals surface area (Å²) in [5.41, 5.74) is 7.41. The fourth-order valence-corrected chi connectivity index (χ4v) is 3.08. The maximum Gasteiger partial charge on any atom is 0.128 e. The van der Waals surface area contributed by atoms with Crippen LogP contribution in [0, 0.1) is 11.6 Å². The van der Waals surface area contributed by atoms with Crippen molar-refractivity contribution in [3.8, 4) is 0 Å². The highest BCUT2D eigenvalue weighted by molar-refractivity contribution is 7.99. The molecule has 6 heteroatoms. The number of thioether (sulfide) groups is 1. The molecule has 110 valence electrons. The number of benzene rings is 2. The number of rotatable bonds is 5. The molecule has 0 aromatic heterocycles. The minimum absolute atomic E-state index is 0.242. The molecule has 0 heterocycles. The highest BCUT2D eigenvalue weighted by Gasteiger charge is 2.12. The van der Waals surface area contributed by atoms with Gasteiger partial charge in [-0.2, -0.15) is 0 Å². The molecule has 0 radical (unpaired) electrons. The fourth-order valence-electron chi connectivity index (χ4n) is 1.95. The first-order valence-corrected chi connectivity index (χ1v) is 7.69. The molecular weight excluding hydrogens is 310 g/mol.